The minimum absolute atomic E-state index is 0.131. The van der Waals surface area contributed by atoms with Crippen molar-refractivity contribution in [2.24, 2.45) is 0 Å². The van der Waals surface area contributed by atoms with Gasteiger partial charge in [-0.25, -0.2) is 0 Å². The largest absolute Gasteiger partial charge is 0.355 e. The molecule has 0 fully saturated rings. The van der Waals surface area contributed by atoms with Gasteiger partial charge in [0.15, 0.2) is 0 Å². The Labute approximate surface area is 106 Å². The van der Waals surface area contributed by atoms with Gasteiger partial charge >= 0.3 is 0 Å². The third kappa shape index (κ3) is 2.16. The van der Waals surface area contributed by atoms with Gasteiger partial charge in [0.2, 0.25) is 5.91 Å². The van der Waals surface area contributed by atoms with E-state index in [0.717, 1.165) is 19.5 Å². The molecule has 0 saturated heterocycles. The summed E-state index contributed by atoms with van der Waals surface area (Å²) in [6.07, 6.45) is 3.52. The van der Waals surface area contributed by atoms with Crippen molar-refractivity contribution in [1.82, 2.24) is 9.88 Å². The lowest BCUT2D eigenvalue weighted by Gasteiger charge is -2.09. The second kappa shape index (κ2) is 4.69. The van der Waals surface area contributed by atoms with Gasteiger partial charge in [0.1, 0.15) is 0 Å². The standard InChI is InChI=1S/C15H16N2O/c18-15-10-13-7-9-17(14(13)6-8-16-15)11-12-4-2-1-3-5-12/h1-5,7,9H,6,8,10-11H2,(H,16,18). The summed E-state index contributed by atoms with van der Waals surface area (Å²) in [6.45, 7) is 1.62. The minimum atomic E-state index is 0.131. The van der Waals surface area contributed by atoms with Crippen molar-refractivity contribution >= 4 is 5.91 Å². The van der Waals surface area contributed by atoms with Crippen LogP contribution in [0.1, 0.15) is 16.8 Å². The number of aromatic nitrogens is 1. The number of rotatable bonds is 2. The molecule has 0 saturated carbocycles. The Balaban J connectivity index is 1.88. The second-order valence-electron chi connectivity index (χ2n) is 4.68. The van der Waals surface area contributed by atoms with Gasteiger partial charge in [0.25, 0.3) is 0 Å². The molecule has 0 atom stereocenters. The normalized spacial score (nSPS) is 14.8. The van der Waals surface area contributed by atoms with Gasteiger partial charge in [0.05, 0.1) is 6.42 Å². The van der Waals surface area contributed by atoms with E-state index in [1.54, 1.807) is 0 Å². The van der Waals surface area contributed by atoms with Crippen molar-refractivity contribution in [1.29, 1.82) is 0 Å². The van der Waals surface area contributed by atoms with E-state index in [4.69, 9.17) is 0 Å². The number of hydrogen-bond acceptors (Lipinski definition) is 1. The first-order valence-electron chi connectivity index (χ1n) is 6.30. The van der Waals surface area contributed by atoms with E-state index in [9.17, 15) is 4.79 Å². The summed E-state index contributed by atoms with van der Waals surface area (Å²) < 4.78 is 2.25. The van der Waals surface area contributed by atoms with E-state index in [1.165, 1.54) is 16.8 Å². The van der Waals surface area contributed by atoms with Gasteiger partial charge in [-0.05, 0) is 17.2 Å². The molecule has 1 aliphatic heterocycles. The number of carbonyl (C=O) groups is 1. The Morgan fingerprint density at radius 3 is 2.83 bits per heavy atom. The molecular formula is C15H16N2O. The molecule has 0 spiro atoms. The van der Waals surface area contributed by atoms with E-state index >= 15 is 0 Å². The smallest absolute Gasteiger partial charge is 0.224 e. The summed E-state index contributed by atoms with van der Waals surface area (Å²) in [5.74, 6) is 0.131. The maximum absolute atomic E-state index is 11.5. The molecule has 2 heterocycles. The molecule has 1 N–H and O–H groups in total. The lowest BCUT2D eigenvalue weighted by Crippen LogP contribution is -2.24. The van der Waals surface area contributed by atoms with E-state index in [2.05, 4.69) is 46.4 Å². The summed E-state index contributed by atoms with van der Waals surface area (Å²) in [5, 5.41) is 2.92. The van der Waals surface area contributed by atoms with E-state index < -0.39 is 0 Å². The lowest BCUT2D eigenvalue weighted by molar-refractivity contribution is -0.120. The van der Waals surface area contributed by atoms with Crippen molar-refractivity contribution in [3.63, 3.8) is 0 Å². The van der Waals surface area contributed by atoms with E-state index in [-0.39, 0.29) is 5.91 Å². The summed E-state index contributed by atoms with van der Waals surface area (Å²) in [5.41, 5.74) is 3.75. The van der Waals surface area contributed by atoms with E-state index in [1.807, 2.05) is 6.07 Å². The van der Waals surface area contributed by atoms with Crippen LogP contribution in [0.4, 0.5) is 0 Å². The first kappa shape index (κ1) is 11.1. The van der Waals surface area contributed by atoms with Crippen LogP contribution >= 0.6 is 0 Å². The Hall–Kier alpha value is -2.03. The molecule has 1 amide bonds. The molecule has 3 heteroatoms. The monoisotopic (exact) mass is 240 g/mol. The first-order valence-corrected chi connectivity index (χ1v) is 6.30. The Morgan fingerprint density at radius 1 is 1.17 bits per heavy atom. The molecule has 18 heavy (non-hydrogen) atoms. The zero-order valence-electron chi connectivity index (χ0n) is 10.2. The fourth-order valence-electron chi connectivity index (χ4n) is 2.50. The first-order chi connectivity index (χ1) is 8.83. The van der Waals surface area contributed by atoms with Crippen LogP contribution in [0.15, 0.2) is 42.6 Å². The Bertz CT molecular complexity index is 557. The zero-order valence-corrected chi connectivity index (χ0v) is 10.2. The molecule has 0 radical (unpaired) electrons. The summed E-state index contributed by atoms with van der Waals surface area (Å²) >= 11 is 0. The summed E-state index contributed by atoms with van der Waals surface area (Å²) in [4.78, 5) is 11.5. The predicted octanol–water partition coefficient (Wildman–Crippen LogP) is 1.75. The number of amides is 1. The Morgan fingerprint density at radius 2 is 2.00 bits per heavy atom. The third-order valence-corrected chi connectivity index (χ3v) is 3.40. The van der Waals surface area contributed by atoms with Crippen LogP contribution in [0.25, 0.3) is 0 Å². The van der Waals surface area contributed by atoms with Crippen LogP contribution in [-0.2, 0) is 24.2 Å². The second-order valence-corrected chi connectivity index (χ2v) is 4.68. The summed E-state index contributed by atoms with van der Waals surface area (Å²) in [6, 6.07) is 12.5. The van der Waals surface area contributed by atoms with Crippen molar-refractivity contribution in [2.75, 3.05) is 6.54 Å². The van der Waals surface area contributed by atoms with Gasteiger partial charge < -0.3 is 9.88 Å². The zero-order chi connectivity index (χ0) is 12.4. The molecule has 3 nitrogen and oxygen atoms in total. The molecule has 92 valence electrons. The van der Waals surface area contributed by atoms with Crippen LogP contribution in [0.5, 0.6) is 0 Å². The number of hydrogen-bond donors (Lipinski definition) is 1. The third-order valence-electron chi connectivity index (χ3n) is 3.40. The summed E-state index contributed by atoms with van der Waals surface area (Å²) in [7, 11) is 0. The molecule has 0 unspecified atom stereocenters. The quantitative estimate of drug-likeness (QED) is 0.852. The van der Waals surface area contributed by atoms with Gasteiger partial charge in [-0.2, -0.15) is 0 Å². The molecular weight excluding hydrogens is 224 g/mol. The lowest BCUT2D eigenvalue weighted by atomic mass is 10.1. The molecule has 1 aliphatic rings. The predicted molar refractivity (Wildman–Crippen MR) is 70.4 cm³/mol. The van der Waals surface area contributed by atoms with Crippen molar-refractivity contribution in [3.8, 4) is 0 Å². The average Bonchev–Trinajstić information content (AvgIpc) is 2.64. The maximum atomic E-state index is 11.5. The van der Waals surface area contributed by atoms with Crippen LogP contribution in [0, 0.1) is 0 Å². The number of nitrogens with one attached hydrogen (secondary N) is 1. The highest BCUT2D eigenvalue weighted by Gasteiger charge is 2.16. The Kier molecular flexibility index (Phi) is 2.89. The van der Waals surface area contributed by atoms with Gasteiger partial charge in [0, 0.05) is 31.4 Å². The SMILES string of the molecule is O=C1Cc2ccn(Cc3ccccc3)c2CCN1. The van der Waals surface area contributed by atoms with Crippen LogP contribution in [0.2, 0.25) is 0 Å². The topological polar surface area (TPSA) is 34.0 Å². The molecule has 0 aliphatic carbocycles. The number of carbonyl (C=O) groups excluding carboxylic acids is 1. The fraction of sp³-hybridized carbons (Fsp3) is 0.267. The van der Waals surface area contributed by atoms with Crippen LogP contribution in [0.3, 0.4) is 0 Å². The highest BCUT2D eigenvalue weighted by atomic mass is 16.1. The number of benzene rings is 1. The maximum Gasteiger partial charge on any atom is 0.224 e. The van der Waals surface area contributed by atoms with Gasteiger partial charge in [-0.1, -0.05) is 30.3 Å². The average molecular weight is 240 g/mol. The van der Waals surface area contributed by atoms with Crippen LogP contribution < -0.4 is 5.32 Å². The van der Waals surface area contributed by atoms with Gasteiger partial charge in [-0.15, -0.1) is 0 Å². The minimum Gasteiger partial charge on any atom is -0.355 e. The van der Waals surface area contributed by atoms with E-state index in [0.29, 0.717) is 6.42 Å². The van der Waals surface area contributed by atoms with Crippen molar-refractivity contribution < 1.29 is 4.79 Å². The number of fused-ring (bicyclic) bond motifs is 1. The van der Waals surface area contributed by atoms with Crippen molar-refractivity contribution in [3.05, 3.63) is 59.4 Å². The molecule has 1 aromatic carbocycles. The molecule has 3 rings (SSSR count). The van der Waals surface area contributed by atoms with Crippen LogP contribution in [-0.4, -0.2) is 17.0 Å². The molecule has 2 aromatic rings. The molecule has 1 aromatic heterocycles. The van der Waals surface area contributed by atoms with Crippen molar-refractivity contribution in [2.45, 2.75) is 19.4 Å². The number of nitrogens with zero attached hydrogens (tertiary/aromatic N) is 1. The van der Waals surface area contributed by atoms with Gasteiger partial charge in [-0.3, -0.25) is 4.79 Å². The highest BCUT2D eigenvalue weighted by Crippen LogP contribution is 2.16. The molecule has 0 bridgehead atoms. The fourth-order valence-corrected chi connectivity index (χ4v) is 2.50. The highest BCUT2D eigenvalue weighted by molar-refractivity contribution is 5.79.